The molecule has 2 aromatic rings. The van der Waals surface area contributed by atoms with Gasteiger partial charge < -0.3 is 4.90 Å². The van der Waals surface area contributed by atoms with Gasteiger partial charge in [-0.3, -0.25) is 10.00 Å². The van der Waals surface area contributed by atoms with E-state index in [1.54, 1.807) is 28.4 Å². The molecule has 22 heavy (non-hydrogen) atoms. The molecule has 1 atom stereocenters. The molecule has 3 heterocycles. The van der Waals surface area contributed by atoms with Gasteiger partial charge in [0.05, 0.1) is 12.2 Å². The Kier molecular flexibility index (Phi) is 4.67. The molecule has 2 amide bonds. The molecular formula is C14H20N6OS. The highest BCUT2D eigenvalue weighted by molar-refractivity contribution is 7.09. The van der Waals surface area contributed by atoms with E-state index in [1.165, 1.54) is 0 Å². The molecule has 118 valence electrons. The molecule has 0 unspecified atom stereocenters. The summed E-state index contributed by atoms with van der Waals surface area (Å²) >= 11 is 1.60. The normalized spacial score (nSPS) is 18.4. The van der Waals surface area contributed by atoms with Crippen LogP contribution in [0.2, 0.25) is 0 Å². The summed E-state index contributed by atoms with van der Waals surface area (Å²) in [5.41, 5.74) is 0. The van der Waals surface area contributed by atoms with Crippen molar-refractivity contribution in [1.82, 2.24) is 24.9 Å². The van der Waals surface area contributed by atoms with E-state index in [-0.39, 0.29) is 12.1 Å². The van der Waals surface area contributed by atoms with E-state index in [1.807, 2.05) is 10.3 Å². The second kappa shape index (κ2) is 6.87. The smallest absolute Gasteiger partial charge is 0.315 e. The van der Waals surface area contributed by atoms with Gasteiger partial charge in [-0.15, -0.1) is 16.4 Å². The van der Waals surface area contributed by atoms with E-state index >= 15 is 0 Å². The summed E-state index contributed by atoms with van der Waals surface area (Å²) in [6.45, 7) is 3.62. The fourth-order valence-electron chi connectivity index (χ4n) is 2.71. The second-order valence-corrected chi connectivity index (χ2v) is 6.30. The van der Waals surface area contributed by atoms with E-state index in [0.717, 1.165) is 43.8 Å². The van der Waals surface area contributed by atoms with E-state index in [9.17, 15) is 4.79 Å². The van der Waals surface area contributed by atoms with Crippen LogP contribution in [-0.2, 0) is 6.54 Å². The van der Waals surface area contributed by atoms with Gasteiger partial charge in [-0.1, -0.05) is 12.1 Å². The largest absolute Gasteiger partial charge is 0.323 e. The lowest BCUT2D eigenvalue weighted by Crippen LogP contribution is -2.41. The fraction of sp³-hybridized carbons (Fsp3) is 0.571. The van der Waals surface area contributed by atoms with Crippen LogP contribution < -0.4 is 5.32 Å². The minimum atomic E-state index is -0.122. The number of hydrogen-bond donors (Lipinski definition) is 1. The number of rotatable bonds is 4. The summed E-state index contributed by atoms with van der Waals surface area (Å²) in [7, 11) is 0. The molecule has 1 aliphatic rings. The highest BCUT2D eigenvalue weighted by atomic mass is 32.1. The molecule has 7 nitrogen and oxygen atoms in total. The molecule has 0 bridgehead atoms. The van der Waals surface area contributed by atoms with Crippen LogP contribution in [-0.4, -0.2) is 37.5 Å². The third-order valence-corrected chi connectivity index (χ3v) is 4.60. The Balaban J connectivity index is 1.69. The lowest BCUT2D eigenvalue weighted by Gasteiger charge is -2.34. The van der Waals surface area contributed by atoms with Crippen molar-refractivity contribution < 1.29 is 4.79 Å². The third-order valence-electron chi connectivity index (χ3n) is 3.73. The Morgan fingerprint density at radius 3 is 3.18 bits per heavy atom. The van der Waals surface area contributed by atoms with Crippen molar-refractivity contribution in [2.45, 2.75) is 45.2 Å². The molecule has 0 aromatic carbocycles. The monoisotopic (exact) mass is 320 g/mol. The van der Waals surface area contributed by atoms with Crippen molar-refractivity contribution in [3.05, 3.63) is 22.8 Å². The number of hydrogen-bond acceptors (Lipinski definition) is 5. The number of aromatic nitrogens is 4. The average Bonchev–Trinajstić information content (AvgIpc) is 3.19. The zero-order valence-corrected chi connectivity index (χ0v) is 13.4. The number of anilines is 1. The lowest BCUT2D eigenvalue weighted by molar-refractivity contribution is 0.163. The van der Waals surface area contributed by atoms with Gasteiger partial charge in [-0.2, -0.15) is 0 Å². The first-order valence-corrected chi connectivity index (χ1v) is 8.53. The van der Waals surface area contributed by atoms with Gasteiger partial charge >= 0.3 is 6.03 Å². The number of piperidine rings is 1. The summed E-state index contributed by atoms with van der Waals surface area (Å²) in [5, 5.41) is 13.8. The predicted octanol–water partition coefficient (Wildman–Crippen LogP) is 2.90. The fourth-order valence-corrected chi connectivity index (χ4v) is 3.49. The maximum absolute atomic E-state index is 12.6. The van der Waals surface area contributed by atoms with Crippen molar-refractivity contribution in [2.24, 2.45) is 0 Å². The summed E-state index contributed by atoms with van der Waals surface area (Å²) in [5.74, 6) is 0.502. The first-order chi connectivity index (χ1) is 10.8. The molecular weight excluding hydrogens is 300 g/mol. The number of nitrogens with zero attached hydrogens (tertiary/aromatic N) is 5. The van der Waals surface area contributed by atoms with E-state index in [2.05, 4.69) is 27.5 Å². The van der Waals surface area contributed by atoms with Crippen LogP contribution >= 0.6 is 11.3 Å². The van der Waals surface area contributed by atoms with Gasteiger partial charge in [-0.05, 0) is 25.7 Å². The van der Waals surface area contributed by atoms with E-state index < -0.39 is 0 Å². The Labute approximate surface area is 133 Å². The summed E-state index contributed by atoms with van der Waals surface area (Å²) in [6, 6.07) is -0.0529. The van der Waals surface area contributed by atoms with Gasteiger partial charge in [0.25, 0.3) is 0 Å². The Morgan fingerprint density at radius 1 is 1.50 bits per heavy atom. The number of thiazole rings is 1. The van der Waals surface area contributed by atoms with Gasteiger partial charge in [0.2, 0.25) is 0 Å². The molecule has 1 N–H and O–H groups in total. The van der Waals surface area contributed by atoms with Crippen molar-refractivity contribution >= 4 is 23.2 Å². The molecule has 3 rings (SSSR count). The molecule has 0 radical (unpaired) electrons. The van der Waals surface area contributed by atoms with Crippen molar-refractivity contribution in [3.8, 4) is 0 Å². The third kappa shape index (κ3) is 3.27. The lowest BCUT2D eigenvalue weighted by atomic mass is 10.0. The number of amides is 2. The standard InChI is InChI=1S/C14H20N6OS/c1-2-7-19-10-12(17-18-19)16-14(21)20-8-4-3-5-11(20)13-15-6-9-22-13/h6,9-11H,2-5,7-8H2,1H3,(H,16,21)/t11-/m0/s1. The van der Waals surface area contributed by atoms with Crippen molar-refractivity contribution in [2.75, 3.05) is 11.9 Å². The number of nitrogens with one attached hydrogen (secondary N) is 1. The first kappa shape index (κ1) is 15.0. The van der Waals surface area contributed by atoms with E-state index in [4.69, 9.17) is 0 Å². The van der Waals surface area contributed by atoms with Crippen LogP contribution in [0, 0.1) is 0 Å². The van der Waals surface area contributed by atoms with Gasteiger partial charge in [0.1, 0.15) is 5.01 Å². The number of likely N-dealkylation sites (tertiary alicyclic amines) is 1. The Hall–Kier alpha value is -1.96. The highest BCUT2D eigenvalue weighted by Crippen LogP contribution is 2.32. The summed E-state index contributed by atoms with van der Waals surface area (Å²) < 4.78 is 1.74. The molecule has 1 fully saturated rings. The molecule has 2 aromatic heterocycles. The van der Waals surface area contributed by atoms with Crippen LogP contribution in [0.25, 0.3) is 0 Å². The molecule has 8 heteroatoms. The Bertz CT molecular complexity index is 611. The molecule has 1 saturated heterocycles. The Morgan fingerprint density at radius 2 is 2.41 bits per heavy atom. The number of carbonyl (C=O) groups is 1. The summed E-state index contributed by atoms with van der Waals surface area (Å²) in [6.07, 6.45) is 7.65. The molecule has 0 aliphatic carbocycles. The zero-order chi connectivity index (χ0) is 15.4. The van der Waals surface area contributed by atoms with E-state index in [0.29, 0.717) is 5.82 Å². The SMILES string of the molecule is CCCn1cc(NC(=O)N2CCCC[C@H]2c2nccs2)nn1. The molecule has 0 saturated carbocycles. The van der Waals surface area contributed by atoms with Crippen molar-refractivity contribution in [3.63, 3.8) is 0 Å². The van der Waals surface area contributed by atoms with Gasteiger partial charge in [0, 0.05) is 24.7 Å². The first-order valence-electron chi connectivity index (χ1n) is 7.65. The second-order valence-electron chi connectivity index (χ2n) is 5.37. The number of carbonyl (C=O) groups excluding carboxylic acids is 1. The maximum atomic E-state index is 12.6. The summed E-state index contributed by atoms with van der Waals surface area (Å²) in [4.78, 5) is 18.8. The molecule has 0 spiro atoms. The van der Waals surface area contributed by atoms with Crippen LogP contribution in [0.4, 0.5) is 10.6 Å². The molecule has 1 aliphatic heterocycles. The number of urea groups is 1. The zero-order valence-electron chi connectivity index (χ0n) is 12.6. The van der Waals surface area contributed by atoms with Crippen LogP contribution in [0.3, 0.4) is 0 Å². The minimum absolute atomic E-state index is 0.0689. The van der Waals surface area contributed by atoms with Crippen LogP contribution in [0.15, 0.2) is 17.8 Å². The number of aryl methyl sites for hydroxylation is 1. The van der Waals surface area contributed by atoms with Gasteiger partial charge in [-0.25, -0.2) is 9.78 Å². The van der Waals surface area contributed by atoms with Gasteiger partial charge in [0.15, 0.2) is 5.82 Å². The maximum Gasteiger partial charge on any atom is 0.323 e. The van der Waals surface area contributed by atoms with Crippen LogP contribution in [0.5, 0.6) is 0 Å². The minimum Gasteiger partial charge on any atom is -0.315 e. The topological polar surface area (TPSA) is 75.9 Å². The van der Waals surface area contributed by atoms with Crippen LogP contribution in [0.1, 0.15) is 43.7 Å². The average molecular weight is 320 g/mol. The quantitative estimate of drug-likeness (QED) is 0.940. The predicted molar refractivity (Wildman–Crippen MR) is 84.7 cm³/mol. The highest BCUT2D eigenvalue weighted by Gasteiger charge is 2.30. The van der Waals surface area contributed by atoms with Crippen molar-refractivity contribution in [1.29, 1.82) is 0 Å².